The number of Topliss-reactive ketones (excluding diaryl/α,β-unsaturated/α-hetero) is 1. The fraction of sp³-hybridized carbons (Fsp3) is 0.462. The van der Waals surface area contributed by atoms with Crippen molar-refractivity contribution < 1.29 is 9.53 Å². The van der Waals surface area contributed by atoms with Gasteiger partial charge in [0.05, 0.1) is 5.60 Å². The summed E-state index contributed by atoms with van der Waals surface area (Å²) in [6, 6.07) is 7.29. The van der Waals surface area contributed by atoms with Crippen molar-refractivity contribution in [3.8, 4) is 0 Å². The molecule has 0 spiro atoms. The van der Waals surface area contributed by atoms with Crippen LogP contribution in [-0.4, -0.2) is 18.0 Å². The lowest BCUT2D eigenvalue weighted by atomic mass is 10.1. The fourth-order valence-corrected chi connectivity index (χ4v) is 1.30. The molecule has 0 fully saturated rings. The van der Waals surface area contributed by atoms with E-state index in [1.807, 2.05) is 32.9 Å². The summed E-state index contributed by atoms with van der Waals surface area (Å²) >= 11 is 5.76. The number of halogens is 1. The van der Waals surface area contributed by atoms with Gasteiger partial charge < -0.3 is 4.74 Å². The first-order valence-corrected chi connectivity index (χ1v) is 5.65. The predicted molar refractivity (Wildman–Crippen MR) is 65.9 cm³/mol. The Morgan fingerprint density at radius 1 is 1.25 bits per heavy atom. The molecule has 0 N–H and O–H groups in total. The maximum Gasteiger partial charge on any atom is 0.162 e. The van der Waals surface area contributed by atoms with Gasteiger partial charge in [0.1, 0.15) is 6.61 Å². The van der Waals surface area contributed by atoms with Gasteiger partial charge in [0.15, 0.2) is 5.78 Å². The average Bonchev–Trinajstić information content (AvgIpc) is 2.18. The van der Waals surface area contributed by atoms with E-state index in [0.29, 0.717) is 11.4 Å². The number of ether oxygens (including phenoxy) is 1. The van der Waals surface area contributed by atoms with Crippen molar-refractivity contribution in [1.82, 2.24) is 0 Å². The minimum absolute atomic E-state index is 0.0808. The second-order valence-corrected chi connectivity index (χ2v) is 5.18. The van der Waals surface area contributed by atoms with Gasteiger partial charge in [-0.2, -0.15) is 0 Å². The molecule has 0 aromatic heterocycles. The van der Waals surface area contributed by atoms with Crippen LogP contribution < -0.4 is 0 Å². The quantitative estimate of drug-likeness (QED) is 0.808. The van der Waals surface area contributed by atoms with Crippen LogP contribution in [0, 0.1) is 0 Å². The monoisotopic (exact) mass is 240 g/mol. The van der Waals surface area contributed by atoms with Crippen LogP contribution in [-0.2, 0) is 16.0 Å². The van der Waals surface area contributed by atoms with E-state index in [-0.39, 0.29) is 18.0 Å². The van der Waals surface area contributed by atoms with Gasteiger partial charge in [0, 0.05) is 11.4 Å². The number of rotatable bonds is 4. The zero-order chi connectivity index (χ0) is 12.2. The minimum Gasteiger partial charge on any atom is -0.368 e. The normalized spacial score (nSPS) is 11.5. The molecule has 0 saturated heterocycles. The maximum atomic E-state index is 11.6. The number of hydrogen-bond donors (Lipinski definition) is 0. The summed E-state index contributed by atoms with van der Waals surface area (Å²) in [7, 11) is 0. The van der Waals surface area contributed by atoms with Gasteiger partial charge in [0.25, 0.3) is 0 Å². The van der Waals surface area contributed by atoms with Crippen molar-refractivity contribution in [3.63, 3.8) is 0 Å². The van der Waals surface area contributed by atoms with Crippen molar-refractivity contribution in [2.45, 2.75) is 32.8 Å². The van der Waals surface area contributed by atoms with Crippen molar-refractivity contribution in [1.29, 1.82) is 0 Å². The predicted octanol–water partition coefficient (Wildman–Crippen LogP) is 3.27. The first-order valence-electron chi connectivity index (χ1n) is 5.27. The molecule has 16 heavy (non-hydrogen) atoms. The van der Waals surface area contributed by atoms with E-state index in [9.17, 15) is 4.79 Å². The highest BCUT2D eigenvalue weighted by molar-refractivity contribution is 6.30. The van der Waals surface area contributed by atoms with E-state index < -0.39 is 0 Å². The topological polar surface area (TPSA) is 26.3 Å². The number of carbonyl (C=O) groups excluding carboxylic acids is 1. The smallest absolute Gasteiger partial charge is 0.162 e. The number of carbonyl (C=O) groups is 1. The highest BCUT2D eigenvalue weighted by Crippen LogP contribution is 2.11. The van der Waals surface area contributed by atoms with Gasteiger partial charge in [-0.25, -0.2) is 0 Å². The summed E-state index contributed by atoms with van der Waals surface area (Å²) in [5, 5.41) is 0.683. The Kier molecular flexibility index (Phi) is 4.51. The highest BCUT2D eigenvalue weighted by atomic mass is 35.5. The van der Waals surface area contributed by atoms with E-state index in [2.05, 4.69) is 0 Å². The summed E-state index contributed by atoms with van der Waals surface area (Å²) in [5.74, 6) is 0.0808. The Balaban J connectivity index is 2.43. The zero-order valence-corrected chi connectivity index (χ0v) is 10.7. The van der Waals surface area contributed by atoms with Crippen LogP contribution in [0.2, 0.25) is 5.02 Å². The summed E-state index contributed by atoms with van der Waals surface area (Å²) in [4.78, 5) is 11.6. The number of benzene rings is 1. The van der Waals surface area contributed by atoms with Crippen LogP contribution in [0.25, 0.3) is 0 Å². The molecule has 0 bridgehead atoms. The van der Waals surface area contributed by atoms with Crippen molar-refractivity contribution in [3.05, 3.63) is 34.9 Å². The molecular weight excluding hydrogens is 224 g/mol. The molecule has 0 aliphatic heterocycles. The number of ketones is 1. The molecule has 2 nitrogen and oxygen atoms in total. The van der Waals surface area contributed by atoms with Crippen LogP contribution >= 0.6 is 11.6 Å². The van der Waals surface area contributed by atoms with E-state index in [4.69, 9.17) is 16.3 Å². The molecule has 0 saturated carbocycles. The third-order valence-corrected chi connectivity index (χ3v) is 2.23. The Morgan fingerprint density at radius 2 is 1.81 bits per heavy atom. The van der Waals surface area contributed by atoms with E-state index >= 15 is 0 Å². The molecule has 1 rings (SSSR count). The third kappa shape index (κ3) is 5.29. The summed E-state index contributed by atoms with van der Waals surface area (Å²) < 4.78 is 5.41. The van der Waals surface area contributed by atoms with Crippen molar-refractivity contribution >= 4 is 17.4 Å². The molecule has 3 heteroatoms. The van der Waals surface area contributed by atoms with Crippen molar-refractivity contribution in [2.75, 3.05) is 6.61 Å². The molecule has 0 radical (unpaired) electrons. The molecule has 1 aromatic carbocycles. The Labute approximate surface area is 102 Å². The Hall–Kier alpha value is -0.860. The van der Waals surface area contributed by atoms with E-state index in [0.717, 1.165) is 5.56 Å². The van der Waals surface area contributed by atoms with E-state index in [1.54, 1.807) is 12.1 Å². The molecule has 0 unspecified atom stereocenters. The average molecular weight is 241 g/mol. The van der Waals surface area contributed by atoms with Crippen LogP contribution in [0.3, 0.4) is 0 Å². The standard InChI is InChI=1S/C13H17ClO2/c1-13(2,3)16-9-12(15)8-10-4-6-11(14)7-5-10/h4-7H,8-9H2,1-3H3. The molecule has 0 atom stereocenters. The summed E-state index contributed by atoms with van der Waals surface area (Å²) in [6.45, 7) is 5.96. The molecule has 0 aliphatic carbocycles. The molecule has 1 aromatic rings. The van der Waals surface area contributed by atoms with Crippen LogP contribution in [0.5, 0.6) is 0 Å². The Morgan fingerprint density at radius 3 is 2.31 bits per heavy atom. The summed E-state index contributed by atoms with van der Waals surface area (Å²) in [6.07, 6.45) is 0.396. The van der Waals surface area contributed by atoms with E-state index in [1.165, 1.54) is 0 Å². The molecule has 0 aliphatic rings. The molecule has 0 heterocycles. The van der Waals surface area contributed by atoms with Crippen LogP contribution in [0.15, 0.2) is 24.3 Å². The highest BCUT2D eigenvalue weighted by Gasteiger charge is 2.13. The fourth-order valence-electron chi connectivity index (χ4n) is 1.18. The minimum atomic E-state index is -0.268. The third-order valence-electron chi connectivity index (χ3n) is 1.98. The van der Waals surface area contributed by atoms with Gasteiger partial charge >= 0.3 is 0 Å². The summed E-state index contributed by atoms with van der Waals surface area (Å²) in [5.41, 5.74) is 0.697. The largest absolute Gasteiger partial charge is 0.368 e. The van der Waals surface area contributed by atoms with Gasteiger partial charge in [-0.05, 0) is 38.5 Å². The lowest BCUT2D eigenvalue weighted by Gasteiger charge is -2.18. The van der Waals surface area contributed by atoms with Crippen molar-refractivity contribution in [2.24, 2.45) is 0 Å². The van der Waals surface area contributed by atoms with Gasteiger partial charge in [0.2, 0.25) is 0 Å². The molecular formula is C13H17ClO2. The Bertz CT molecular complexity index is 349. The second-order valence-electron chi connectivity index (χ2n) is 4.74. The molecule has 88 valence electrons. The van der Waals surface area contributed by atoms with Gasteiger partial charge in [-0.15, -0.1) is 0 Å². The first-order chi connectivity index (χ1) is 7.37. The first kappa shape index (κ1) is 13.2. The lowest BCUT2D eigenvalue weighted by Crippen LogP contribution is -2.24. The molecule has 0 amide bonds. The maximum absolute atomic E-state index is 11.6. The van der Waals surface area contributed by atoms with Gasteiger partial charge in [-0.3, -0.25) is 4.79 Å². The SMILES string of the molecule is CC(C)(C)OCC(=O)Cc1ccc(Cl)cc1. The zero-order valence-electron chi connectivity index (χ0n) is 9.92. The van der Waals surface area contributed by atoms with Crippen LogP contribution in [0.1, 0.15) is 26.3 Å². The van der Waals surface area contributed by atoms with Crippen LogP contribution in [0.4, 0.5) is 0 Å². The lowest BCUT2D eigenvalue weighted by molar-refractivity contribution is -0.127. The second kappa shape index (κ2) is 5.46. The van der Waals surface area contributed by atoms with Gasteiger partial charge in [-0.1, -0.05) is 23.7 Å². The number of hydrogen-bond acceptors (Lipinski definition) is 2.